The van der Waals surface area contributed by atoms with E-state index in [4.69, 9.17) is 25.8 Å². The van der Waals surface area contributed by atoms with E-state index in [2.05, 4.69) is 115 Å². The Morgan fingerprint density at radius 1 is 0.434 bits per heavy atom. The molecule has 0 bridgehead atoms. The summed E-state index contributed by atoms with van der Waals surface area (Å²) in [4.78, 5) is 15.5. The van der Waals surface area contributed by atoms with Crippen LogP contribution in [-0.2, 0) is 5.41 Å². The number of allylic oxidation sites excluding steroid dienone is 1. The van der Waals surface area contributed by atoms with Crippen LogP contribution in [-0.4, -0.2) is 26.4 Å². The molecule has 10 rings (SSSR count). The number of hydrogen-bond donors (Lipinski definition) is 2. The molecule has 2 N–H and O–H groups in total. The predicted molar refractivity (Wildman–Crippen MR) is 215 cm³/mol. The van der Waals surface area contributed by atoms with Gasteiger partial charge in [-0.15, -0.1) is 0 Å². The Kier molecular flexibility index (Phi) is 6.95. The fraction of sp³-hybridized carbons (Fsp3) is 0.0208. The van der Waals surface area contributed by atoms with Crippen LogP contribution in [0.5, 0.6) is 0 Å². The molecule has 0 radical (unpaired) electrons. The minimum Gasteiger partial charge on any atom is -0.299 e. The van der Waals surface area contributed by atoms with Gasteiger partial charge in [0, 0.05) is 22.3 Å². The second-order valence-electron chi connectivity index (χ2n) is 13.5. The molecule has 0 fully saturated rings. The summed E-state index contributed by atoms with van der Waals surface area (Å²) in [5.41, 5.74) is 11.4. The monoisotopic (exact) mass is 677 g/mol. The number of fused-ring (bicyclic) bond motifs is 6. The van der Waals surface area contributed by atoms with Crippen LogP contribution in [0.4, 0.5) is 0 Å². The highest BCUT2D eigenvalue weighted by Crippen LogP contribution is 2.58. The fourth-order valence-corrected chi connectivity index (χ4v) is 8.32. The van der Waals surface area contributed by atoms with Crippen LogP contribution in [0.15, 0.2) is 170 Å². The van der Waals surface area contributed by atoms with E-state index in [0.29, 0.717) is 17.5 Å². The Morgan fingerprint density at radius 2 is 1.04 bits per heavy atom. The first kappa shape index (κ1) is 30.7. The van der Waals surface area contributed by atoms with Crippen LogP contribution in [0.25, 0.3) is 62.1 Å². The summed E-state index contributed by atoms with van der Waals surface area (Å²) < 4.78 is 0. The van der Waals surface area contributed by atoms with Gasteiger partial charge >= 0.3 is 0 Å². The van der Waals surface area contributed by atoms with E-state index in [9.17, 15) is 0 Å². The Labute approximate surface area is 307 Å². The number of aromatic nitrogens is 3. The molecule has 2 aliphatic carbocycles. The van der Waals surface area contributed by atoms with E-state index in [0.717, 1.165) is 49.7 Å². The second kappa shape index (κ2) is 12.0. The largest absolute Gasteiger partial charge is 0.299 e. The van der Waals surface area contributed by atoms with E-state index in [1.54, 1.807) is 6.08 Å². The van der Waals surface area contributed by atoms with Crippen molar-refractivity contribution in [2.75, 3.05) is 0 Å². The lowest BCUT2D eigenvalue weighted by Crippen LogP contribution is -2.28. The van der Waals surface area contributed by atoms with Crippen molar-refractivity contribution in [1.82, 2.24) is 15.0 Å². The highest BCUT2D eigenvalue weighted by molar-refractivity contribution is 6.53. The standard InChI is InChI=1S/C48H31N5/c49-41-28-26-30-23-24-32-29-33(25-27-36(32)42(30)44(41)50)46-51-45(31-13-4-1-5-14-31)52-47(53-46)38-20-12-22-40-43(38)37-19-10-11-21-39(37)48(40,34-15-6-2-7-16-34)35-17-8-3-9-18-35/h1-29,49-50H. The molecule has 0 atom stereocenters. The lowest BCUT2D eigenvalue weighted by atomic mass is 9.67. The van der Waals surface area contributed by atoms with E-state index in [-0.39, 0.29) is 11.4 Å². The number of benzene rings is 7. The van der Waals surface area contributed by atoms with Crippen molar-refractivity contribution in [2.45, 2.75) is 5.41 Å². The van der Waals surface area contributed by atoms with Crippen molar-refractivity contribution in [2.24, 2.45) is 0 Å². The molecule has 5 nitrogen and oxygen atoms in total. The van der Waals surface area contributed by atoms with Gasteiger partial charge in [-0.3, -0.25) is 10.8 Å². The average molecular weight is 678 g/mol. The minimum absolute atomic E-state index is 0.212. The van der Waals surface area contributed by atoms with Crippen LogP contribution < -0.4 is 0 Å². The maximum absolute atomic E-state index is 8.66. The lowest BCUT2D eigenvalue weighted by Gasteiger charge is -2.33. The topological polar surface area (TPSA) is 86.4 Å². The number of nitrogens with zero attached hydrogens (tertiary/aromatic N) is 3. The molecule has 7 aromatic carbocycles. The molecule has 53 heavy (non-hydrogen) atoms. The molecule has 0 amide bonds. The third-order valence-corrected chi connectivity index (χ3v) is 10.6. The molecule has 5 heteroatoms. The summed E-state index contributed by atoms with van der Waals surface area (Å²) in [6.07, 6.45) is 3.60. The summed E-state index contributed by atoms with van der Waals surface area (Å²) in [5, 5.41) is 18.8. The zero-order chi connectivity index (χ0) is 35.5. The van der Waals surface area contributed by atoms with E-state index in [1.165, 1.54) is 22.3 Å². The van der Waals surface area contributed by atoms with Crippen LogP contribution in [0.1, 0.15) is 33.4 Å². The van der Waals surface area contributed by atoms with Gasteiger partial charge < -0.3 is 0 Å². The van der Waals surface area contributed by atoms with Crippen LogP contribution in [0, 0.1) is 10.8 Å². The third kappa shape index (κ3) is 4.68. The van der Waals surface area contributed by atoms with Crippen molar-refractivity contribution >= 4 is 28.3 Å². The summed E-state index contributed by atoms with van der Waals surface area (Å²) in [6.45, 7) is 0. The van der Waals surface area contributed by atoms with Gasteiger partial charge in [-0.1, -0.05) is 164 Å². The summed E-state index contributed by atoms with van der Waals surface area (Å²) in [5.74, 6) is 1.76. The molecular weight excluding hydrogens is 647 g/mol. The van der Waals surface area contributed by atoms with Crippen molar-refractivity contribution in [1.29, 1.82) is 10.8 Å². The Bertz CT molecular complexity index is 2770. The van der Waals surface area contributed by atoms with Crippen molar-refractivity contribution in [3.8, 4) is 45.3 Å². The molecule has 0 saturated heterocycles. The number of hydrogen-bond acceptors (Lipinski definition) is 5. The van der Waals surface area contributed by atoms with Crippen molar-refractivity contribution in [3.05, 3.63) is 203 Å². The predicted octanol–water partition coefficient (Wildman–Crippen LogP) is 10.8. The van der Waals surface area contributed by atoms with Gasteiger partial charge in [0.2, 0.25) is 0 Å². The first-order valence-electron chi connectivity index (χ1n) is 17.7. The van der Waals surface area contributed by atoms with Crippen LogP contribution in [0.3, 0.4) is 0 Å². The summed E-state index contributed by atoms with van der Waals surface area (Å²) in [6, 6.07) is 57.1. The van der Waals surface area contributed by atoms with Gasteiger partial charge in [-0.05, 0) is 61.9 Å². The lowest BCUT2D eigenvalue weighted by molar-refractivity contribution is 0.768. The molecule has 0 aliphatic heterocycles. The zero-order valence-corrected chi connectivity index (χ0v) is 28.6. The molecule has 0 spiro atoms. The zero-order valence-electron chi connectivity index (χ0n) is 28.6. The van der Waals surface area contributed by atoms with Gasteiger partial charge in [-0.25, -0.2) is 15.0 Å². The maximum Gasteiger partial charge on any atom is 0.164 e. The molecule has 0 saturated carbocycles. The quantitative estimate of drug-likeness (QED) is 0.190. The SMILES string of the molecule is N=C1C=Cc2ccc3cc(-c4nc(-c5ccccc5)nc(-c5cccc6c5-c5ccccc5C6(c5ccccc5)c5ccccc5)n4)ccc3c2C1=N. The third-order valence-electron chi connectivity index (χ3n) is 10.6. The van der Waals surface area contributed by atoms with E-state index in [1.807, 2.05) is 54.6 Å². The van der Waals surface area contributed by atoms with Gasteiger partial charge in [0.05, 0.1) is 16.8 Å². The fourth-order valence-electron chi connectivity index (χ4n) is 8.32. The Morgan fingerprint density at radius 3 is 1.77 bits per heavy atom. The molecular formula is C48H31N5. The molecule has 1 aromatic heterocycles. The molecule has 2 aliphatic rings. The van der Waals surface area contributed by atoms with Crippen molar-refractivity contribution in [3.63, 3.8) is 0 Å². The van der Waals surface area contributed by atoms with Crippen LogP contribution in [0.2, 0.25) is 0 Å². The second-order valence-corrected chi connectivity index (χ2v) is 13.5. The van der Waals surface area contributed by atoms with Gasteiger partial charge in [-0.2, -0.15) is 0 Å². The summed E-state index contributed by atoms with van der Waals surface area (Å²) in [7, 11) is 0. The Hall–Kier alpha value is -7.11. The van der Waals surface area contributed by atoms with Crippen molar-refractivity contribution < 1.29 is 0 Å². The van der Waals surface area contributed by atoms with Gasteiger partial charge in [0.25, 0.3) is 0 Å². The van der Waals surface area contributed by atoms with Crippen LogP contribution >= 0.6 is 0 Å². The first-order valence-corrected chi connectivity index (χ1v) is 17.7. The van der Waals surface area contributed by atoms with Gasteiger partial charge in [0.15, 0.2) is 17.5 Å². The minimum atomic E-state index is -0.542. The smallest absolute Gasteiger partial charge is 0.164 e. The molecule has 0 unspecified atom stereocenters. The molecule has 248 valence electrons. The maximum atomic E-state index is 8.66. The number of rotatable bonds is 5. The van der Waals surface area contributed by atoms with E-state index >= 15 is 0 Å². The van der Waals surface area contributed by atoms with E-state index < -0.39 is 5.41 Å². The first-order chi connectivity index (χ1) is 26.1. The highest BCUT2D eigenvalue weighted by atomic mass is 15.0. The highest BCUT2D eigenvalue weighted by Gasteiger charge is 2.47. The average Bonchev–Trinajstić information content (AvgIpc) is 3.54. The molecule has 1 heterocycles. The normalized spacial score (nSPS) is 13.8. The summed E-state index contributed by atoms with van der Waals surface area (Å²) >= 11 is 0. The Balaban J connectivity index is 1.23. The van der Waals surface area contributed by atoms with Gasteiger partial charge in [0.1, 0.15) is 0 Å². The molecule has 8 aromatic rings. The number of nitrogens with one attached hydrogen (secondary N) is 2.